The van der Waals surface area contributed by atoms with Crippen LogP contribution in [0.3, 0.4) is 0 Å². The molecule has 0 fully saturated rings. The fourth-order valence-electron chi connectivity index (χ4n) is 3.20. The van der Waals surface area contributed by atoms with Crippen LogP contribution in [0.4, 0.5) is 17.1 Å². The summed E-state index contributed by atoms with van der Waals surface area (Å²) in [7, 11) is 0. The maximum atomic E-state index is 12.9. The van der Waals surface area contributed by atoms with Crippen LogP contribution in [0.25, 0.3) is 10.8 Å². The molecule has 9 nitrogen and oxygen atoms in total. The molecule has 0 N–H and O–H groups in total. The maximum Gasteiger partial charge on any atom is 0.277 e. The molecule has 0 saturated carbocycles. The molecule has 4 rings (SSSR count). The Morgan fingerprint density at radius 1 is 0.741 bits per heavy atom. The lowest BCUT2D eigenvalue weighted by Gasteiger charge is -2.27. The van der Waals surface area contributed by atoms with Crippen LogP contribution in [0.15, 0.2) is 54.6 Å². The third kappa shape index (κ3) is 2.33. The third-order valence-electron chi connectivity index (χ3n) is 4.40. The number of amides is 2. The highest BCUT2D eigenvalue weighted by Crippen LogP contribution is 2.37. The first-order valence-corrected chi connectivity index (χ1v) is 7.73. The molecule has 1 heterocycles. The number of hydrogen-bond acceptors (Lipinski definition) is 6. The van der Waals surface area contributed by atoms with E-state index in [1.54, 1.807) is 0 Å². The molecule has 0 aliphatic carbocycles. The molecule has 0 saturated heterocycles. The van der Waals surface area contributed by atoms with Crippen molar-refractivity contribution in [3.8, 4) is 0 Å². The van der Waals surface area contributed by atoms with E-state index in [0.29, 0.717) is 0 Å². The Labute approximate surface area is 150 Å². The highest BCUT2D eigenvalue weighted by molar-refractivity contribution is 6.36. The topological polar surface area (TPSA) is 124 Å². The molecule has 3 aromatic rings. The maximum absolute atomic E-state index is 12.9. The first-order chi connectivity index (χ1) is 12.9. The van der Waals surface area contributed by atoms with E-state index in [9.17, 15) is 29.8 Å². The van der Waals surface area contributed by atoms with Gasteiger partial charge in [0.15, 0.2) is 0 Å². The van der Waals surface area contributed by atoms with Crippen LogP contribution in [-0.4, -0.2) is 21.7 Å². The highest BCUT2D eigenvalue weighted by Gasteiger charge is 2.35. The summed E-state index contributed by atoms with van der Waals surface area (Å²) in [5.41, 5.74) is 0.124. The van der Waals surface area contributed by atoms with Crippen LogP contribution in [0, 0.1) is 20.2 Å². The van der Waals surface area contributed by atoms with Crippen LogP contribution in [0.1, 0.15) is 20.7 Å². The van der Waals surface area contributed by atoms with Crippen LogP contribution in [0.5, 0.6) is 0 Å². The number of nitro groups is 2. The zero-order chi connectivity index (χ0) is 19.3. The van der Waals surface area contributed by atoms with E-state index in [0.717, 1.165) is 4.90 Å². The lowest BCUT2D eigenvalue weighted by molar-refractivity contribution is -0.384. The number of hydrogen-bond donors (Lipinski definition) is 0. The Kier molecular flexibility index (Phi) is 3.45. The van der Waals surface area contributed by atoms with Gasteiger partial charge in [0.2, 0.25) is 0 Å². The minimum absolute atomic E-state index is 0.157. The Morgan fingerprint density at radius 3 is 1.96 bits per heavy atom. The molecular formula is C18H9N3O6. The molecule has 2 amide bonds. The molecule has 0 unspecified atom stereocenters. The Bertz CT molecular complexity index is 1150. The van der Waals surface area contributed by atoms with E-state index in [2.05, 4.69) is 0 Å². The van der Waals surface area contributed by atoms with Crippen molar-refractivity contribution in [3.05, 3.63) is 86.0 Å². The Morgan fingerprint density at radius 2 is 1.37 bits per heavy atom. The average Bonchev–Trinajstić information content (AvgIpc) is 2.66. The summed E-state index contributed by atoms with van der Waals surface area (Å²) in [4.78, 5) is 47.6. The van der Waals surface area contributed by atoms with Crippen molar-refractivity contribution >= 4 is 39.6 Å². The molecule has 27 heavy (non-hydrogen) atoms. The standard InChI is InChI=1S/C18H9N3O6/c22-17-13-3-1-2-12-15(21(26)27)9-8-14(16(12)13)18(23)19(17)10-4-6-11(7-5-10)20(24)25/h1-9H. The van der Waals surface area contributed by atoms with Crippen LogP contribution < -0.4 is 4.90 Å². The number of imide groups is 1. The molecule has 1 aliphatic heterocycles. The Hall–Kier alpha value is -4.14. The molecule has 0 atom stereocenters. The van der Waals surface area contributed by atoms with Crippen molar-refractivity contribution in [2.75, 3.05) is 4.90 Å². The lowest BCUT2D eigenvalue weighted by atomic mass is 9.93. The summed E-state index contributed by atoms with van der Waals surface area (Å²) < 4.78 is 0. The molecule has 0 aromatic heterocycles. The predicted molar refractivity (Wildman–Crippen MR) is 94.8 cm³/mol. The number of carbonyl (C=O) groups is 2. The van der Waals surface area contributed by atoms with Crippen LogP contribution >= 0.6 is 0 Å². The number of carbonyl (C=O) groups excluding carboxylic acids is 2. The minimum Gasteiger partial charge on any atom is -0.268 e. The highest BCUT2D eigenvalue weighted by atomic mass is 16.6. The van der Waals surface area contributed by atoms with Crippen LogP contribution in [-0.2, 0) is 0 Å². The molecule has 9 heteroatoms. The van der Waals surface area contributed by atoms with Gasteiger partial charge in [-0.3, -0.25) is 29.8 Å². The van der Waals surface area contributed by atoms with Crippen molar-refractivity contribution < 1.29 is 19.4 Å². The SMILES string of the molecule is O=C1c2cccc3c([N+](=O)[O-])ccc(c23)C(=O)N1c1ccc([N+](=O)[O-])cc1. The van der Waals surface area contributed by atoms with E-state index in [1.165, 1.54) is 54.6 Å². The number of nitrogens with zero attached hydrogens (tertiary/aromatic N) is 3. The number of nitro benzene ring substituents is 2. The number of rotatable bonds is 3. The van der Waals surface area contributed by atoms with Crippen LogP contribution in [0.2, 0.25) is 0 Å². The summed E-state index contributed by atoms with van der Waals surface area (Å²) in [5, 5.41) is 22.5. The quantitative estimate of drug-likeness (QED) is 0.399. The average molecular weight is 363 g/mol. The third-order valence-corrected chi connectivity index (χ3v) is 4.40. The molecule has 1 aliphatic rings. The van der Waals surface area contributed by atoms with Gasteiger partial charge < -0.3 is 0 Å². The van der Waals surface area contributed by atoms with Gasteiger partial charge in [-0.25, -0.2) is 4.90 Å². The van der Waals surface area contributed by atoms with Crippen molar-refractivity contribution in [1.29, 1.82) is 0 Å². The minimum atomic E-state index is -0.646. The van der Waals surface area contributed by atoms with Gasteiger partial charge in [-0.1, -0.05) is 6.07 Å². The summed E-state index contributed by atoms with van der Waals surface area (Å²) in [5.74, 6) is -1.29. The first-order valence-electron chi connectivity index (χ1n) is 7.73. The van der Waals surface area contributed by atoms with Gasteiger partial charge >= 0.3 is 0 Å². The fourth-order valence-corrected chi connectivity index (χ4v) is 3.20. The number of benzene rings is 3. The van der Waals surface area contributed by atoms with Gasteiger partial charge in [0.25, 0.3) is 23.2 Å². The molecule has 132 valence electrons. The van der Waals surface area contributed by atoms with Crippen molar-refractivity contribution in [1.82, 2.24) is 0 Å². The van der Waals surface area contributed by atoms with Gasteiger partial charge in [0, 0.05) is 34.7 Å². The normalized spacial score (nSPS) is 13.1. The van der Waals surface area contributed by atoms with Crippen molar-refractivity contribution in [3.63, 3.8) is 0 Å². The van der Waals surface area contributed by atoms with E-state index < -0.39 is 21.7 Å². The monoisotopic (exact) mass is 363 g/mol. The zero-order valence-electron chi connectivity index (χ0n) is 13.5. The second-order valence-electron chi connectivity index (χ2n) is 5.84. The van der Waals surface area contributed by atoms with Gasteiger partial charge in [-0.2, -0.15) is 0 Å². The van der Waals surface area contributed by atoms with E-state index in [-0.39, 0.29) is 39.0 Å². The van der Waals surface area contributed by atoms with Gasteiger partial charge in [-0.15, -0.1) is 0 Å². The molecule has 0 spiro atoms. The number of non-ortho nitro benzene ring substituents is 2. The van der Waals surface area contributed by atoms with Gasteiger partial charge in [0.05, 0.1) is 20.9 Å². The molecule has 3 aromatic carbocycles. The zero-order valence-corrected chi connectivity index (χ0v) is 13.5. The lowest BCUT2D eigenvalue weighted by Crippen LogP contribution is -2.40. The van der Waals surface area contributed by atoms with Crippen molar-refractivity contribution in [2.24, 2.45) is 0 Å². The molecule has 0 bridgehead atoms. The largest absolute Gasteiger partial charge is 0.277 e. The first kappa shape index (κ1) is 16.3. The van der Waals surface area contributed by atoms with Gasteiger partial charge in [0.1, 0.15) is 0 Å². The fraction of sp³-hybridized carbons (Fsp3) is 0. The summed E-state index contributed by atoms with van der Waals surface area (Å²) in [6.45, 7) is 0. The Balaban J connectivity index is 1.91. The summed E-state index contributed by atoms with van der Waals surface area (Å²) in [6, 6.07) is 12.0. The predicted octanol–water partition coefficient (Wildman–Crippen LogP) is 3.46. The smallest absolute Gasteiger partial charge is 0.268 e. The molecule has 0 radical (unpaired) electrons. The second-order valence-corrected chi connectivity index (χ2v) is 5.84. The van der Waals surface area contributed by atoms with E-state index in [4.69, 9.17) is 0 Å². The summed E-state index contributed by atoms with van der Waals surface area (Å²) in [6.07, 6.45) is 0. The van der Waals surface area contributed by atoms with E-state index in [1.807, 2.05) is 0 Å². The van der Waals surface area contributed by atoms with Gasteiger partial charge in [-0.05, 0) is 30.3 Å². The number of anilines is 1. The summed E-state index contributed by atoms with van der Waals surface area (Å²) >= 11 is 0. The van der Waals surface area contributed by atoms with Crippen molar-refractivity contribution in [2.45, 2.75) is 0 Å². The van der Waals surface area contributed by atoms with E-state index >= 15 is 0 Å². The molecular weight excluding hydrogens is 354 g/mol. The second kappa shape index (κ2) is 5.70.